The Labute approximate surface area is 187 Å². The molecule has 1 saturated carbocycles. The first-order valence-corrected chi connectivity index (χ1v) is 13.0. The first kappa shape index (κ1) is 27.2. The Bertz CT molecular complexity index is 459. The third kappa shape index (κ3) is 11.0. The number of carbonyl (C=O) groups is 2. The third-order valence-corrected chi connectivity index (χ3v) is 7.28. The molecule has 0 bridgehead atoms. The molecular weight excluding hydrogens is 372 g/mol. The highest BCUT2D eigenvalue weighted by Crippen LogP contribution is 2.37. The van der Waals surface area contributed by atoms with Gasteiger partial charge in [0.15, 0.2) is 0 Å². The van der Waals surface area contributed by atoms with Crippen LogP contribution in [-0.2, 0) is 14.3 Å². The summed E-state index contributed by atoms with van der Waals surface area (Å²) in [6.45, 7) is 11.9. The van der Waals surface area contributed by atoms with Gasteiger partial charge in [0.25, 0.3) is 0 Å². The van der Waals surface area contributed by atoms with Gasteiger partial charge in [-0.3, -0.25) is 4.79 Å². The van der Waals surface area contributed by atoms with E-state index >= 15 is 0 Å². The van der Waals surface area contributed by atoms with Gasteiger partial charge in [0, 0.05) is 5.92 Å². The van der Waals surface area contributed by atoms with E-state index in [2.05, 4.69) is 34.6 Å². The minimum Gasteiger partial charge on any atom is -0.465 e. The second kappa shape index (κ2) is 15.9. The van der Waals surface area contributed by atoms with Gasteiger partial charge in [-0.05, 0) is 49.4 Å². The molecule has 1 aliphatic carbocycles. The lowest BCUT2D eigenvalue weighted by molar-refractivity contribution is -0.155. The topological polar surface area (TPSA) is 43.4 Å². The van der Waals surface area contributed by atoms with Gasteiger partial charge in [-0.1, -0.05) is 92.4 Å². The average molecular weight is 423 g/mol. The number of aldehydes is 1. The highest BCUT2D eigenvalue weighted by Gasteiger charge is 2.36. The number of ether oxygens (including phenoxy) is 1. The molecule has 176 valence electrons. The normalized spacial score (nSPS) is 23.9. The molecular formula is C27H50O3. The van der Waals surface area contributed by atoms with Gasteiger partial charge in [-0.15, -0.1) is 0 Å². The average Bonchev–Trinajstić information content (AvgIpc) is 2.73. The number of esters is 1. The minimum absolute atomic E-state index is 0.117. The Morgan fingerprint density at radius 1 is 1.00 bits per heavy atom. The van der Waals surface area contributed by atoms with E-state index in [1.807, 2.05) is 0 Å². The molecule has 0 saturated heterocycles. The van der Waals surface area contributed by atoms with Crippen molar-refractivity contribution in [2.24, 2.45) is 35.5 Å². The van der Waals surface area contributed by atoms with Crippen LogP contribution in [-0.4, -0.2) is 18.9 Å². The molecule has 1 aliphatic rings. The van der Waals surface area contributed by atoms with Gasteiger partial charge in [0.1, 0.15) is 6.29 Å². The van der Waals surface area contributed by atoms with Gasteiger partial charge in [-0.2, -0.15) is 0 Å². The summed E-state index contributed by atoms with van der Waals surface area (Å²) < 4.78 is 5.72. The van der Waals surface area contributed by atoms with E-state index in [1.165, 1.54) is 51.4 Å². The zero-order chi connectivity index (χ0) is 22.4. The van der Waals surface area contributed by atoms with Crippen molar-refractivity contribution < 1.29 is 14.3 Å². The molecule has 3 nitrogen and oxygen atoms in total. The molecule has 0 aromatic heterocycles. The first-order chi connectivity index (χ1) is 14.4. The van der Waals surface area contributed by atoms with E-state index in [9.17, 15) is 9.59 Å². The van der Waals surface area contributed by atoms with E-state index in [4.69, 9.17) is 4.74 Å². The molecule has 5 atom stereocenters. The predicted molar refractivity (Wildman–Crippen MR) is 126 cm³/mol. The van der Waals surface area contributed by atoms with E-state index < -0.39 is 0 Å². The van der Waals surface area contributed by atoms with E-state index in [0.717, 1.165) is 50.2 Å². The quantitative estimate of drug-likeness (QED) is 0.190. The van der Waals surface area contributed by atoms with Crippen LogP contribution in [0.4, 0.5) is 0 Å². The van der Waals surface area contributed by atoms with E-state index in [-0.39, 0.29) is 17.8 Å². The summed E-state index contributed by atoms with van der Waals surface area (Å²) in [4.78, 5) is 24.3. The molecule has 0 N–H and O–H groups in total. The summed E-state index contributed by atoms with van der Waals surface area (Å²) in [6, 6.07) is 0. The second-order valence-corrected chi connectivity index (χ2v) is 10.5. The standard InChI is InChI=1S/C27H50O3/c1-6-8-14-23(7-2)20-30-27(29)26-18-24(16-17-25(26)19-28)15-10-13-22(5)12-9-11-21(3)4/h19,21-26H,6-18,20H2,1-5H3. The maximum absolute atomic E-state index is 12.8. The maximum Gasteiger partial charge on any atom is 0.309 e. The number of carbonyl (C=O) groups excluding carboxylic acids is 2. The van der Waals surface area contributed by atoms with Crippen molar-refractivity contribution in [1.82, 2.24) is 0 Å². The molecule has 0 amide bonds. The van der Waals surface area contributed by atoms with Gasteiger partial charge >= 0.3 is 5.97 Å². The molecule has 0 aliphatic heterocycles. The molecule has 0 spiro atoms. The first-order valence-electron chi connectivity index (χ1n) is 13.0. The number of hydrogen-bond donors (Lipinski definition) is 0. The van der Waals surface area contributed by atoms with Crippen molar-refractivity contribution >= 4 is 12.3 Å². The van der Waals surface area contributed by atoms with Gasteiger partial charge in [-0.25, -0.2) is 0 Å². The number of unbranched alkanes of at least 4 members (excludes halogenated alkanes) is 1. The Morgan fingerprint density at radius 3 is 2.37 bits per heavy atom. The van der Waals surface area contributed by atoms with Gasteiger partial charge < -0.3 is 9.53 Å². The van der Waals surface area contributed by atoms with E-state index in [1.54, 1.807) is 0 Å². The maximum atomic E-state index is 12.8. The zero-order valence-corrected chi connectivity index (χ0v) is 20.7. The van der Waals surface area contributed by atoms with Gasteiger partial charge in [0.05, 0.1) is 12.5 Å². The molecule has 30 heavy (non-hydrogen) atoms. The van der Waals surface area contributed by atoms with Crippen LogP contribution in [0.1, 0.15) is 118 Å². The van der Waals surface area contributed by atoms with Crippen LogP contribution in [0.2, 0.25) is 0 Å². The molecule has 1 fully saturated rings. The number of hydrogen-bond acceptors (Lipinski definition) is 3. The Balaban J connectivity index is 2.40. The Kier molecular flexibility index (Phi) is 14.4. The van der Waals surface area contributed by atoms with Crippen molar-refractivity contribution in [3.05, 3.63) is 0 Å². The van der Waals surface area contributed by atoms with Crippen LogP contribution in [0.3, 0.4) is 0 Å². The fraction of sp³-hybridized carbons (Fsp3) is 0.926. The van der Waals surface area contributed by atoms with Crippen molar-refractivity contribution in [2.75, 3.05) is 6.61 Å². The monoisotopic (exact) mass is 422 g/mol. The van der Waals surface area contributed by atoms with Crippen LogP contribution >= 0.6 is 0 Å². The summed E-state index contributed by atoms with van der Waals surface area (Å²) in [7, 11) is 0. The summed E-state index contributed by atoms with van der Waals surface area (Å²) in [6.07, 6.45) is 16.1. The lowest BCUT2D eigenvalue weighted by Gasteiger charge is -2.32. The van der Waals surface area contributed by atoms with Crippen molar-refractivity contribution in [1.29, 1.82) is 0 Å². The smallest absolute Gasteiger partial charge is 0.309 e. The van der Waals surface area contributed by atoms with Crippen LogP contribution in [0.15, 0.2) is 0 Å². The largest absolute Gasteiger partial charge is 0.465 e. The van der Waals surface area contributed by atoms with Crippen LogP contribution < -0.4 is 0 Å². The zero-order valence-electron chi connectivity index (χ0n) is 20.7. The fourth-order valence-electron chi connectivity index (χ4n) is 4.96. The van der Waals surface area contributed by atoms with Crippen LogP contribution in [0.5, 0.6) is 0 Å². The van der Waals surface area contributed by atoms with Crippen molar-refractivity contribution in [3.63, 3.8) is 0 Å². The molecule has 5 unspecified atom stereocenters. The molecule has 1 rings (SSSR count). The van der Waals surface area contributed by atoms with Crippen LogP contribution in [0.25, 0.3) is 0 Å². The second-order valence-electron chi connectivity index (χ2n) is 10.5. The summed E-state index contributed by atoms with van der Waals surface area (Å²) in [5.74, 6) is 2.16. The summed E-state index contributed by atoms with van der Waals surface area (Å²) in [5, 5.41) is 0. The van der Waals surface area contributed by atoms with Crippen LogP contribution in [0, 0.1) is 35.5 Å². The Hall–Kier alpha value is -0.860. The summed E-state index contributed by atoms with van der Waals surface area (Å²) >= 11 is 0. The molecule has 0 radical (unpaired) electrons. The summed E-state index contributed by atoms with van der Waals surface area (Å²) in [5.41, 5.74) is 0. The molecule has 0 aromatic rings. The van der Waals surface area contributed by atoms with E-state index in [0.29, 0.717) is 18.4 Å². The lowest BCUT2D eigenvalue weighted by Crippen LogP contribution is -2.34. The SMILES string of the molecule is CCCCC(CC)COC(=O)C1CC(CCCC(C)CCCC(C)C)CCC1C=O. The van der Waals surface area contributed by atoms with Crippen molar-refractivity contribution in [3.8, 4) is 0 Å². The third-order valence-electron chi connectivity index (χ3n) is 7.28. The fourth-order valence-corrected chi connectivity index (χ4v) is 4.96. The molecule has 0 aromatic carbocycles. The lowest BCUT2D eigenvalue weighted by atomic mass is 9.73. The minimum atomic E-state index is -0.214. The predicted octanol–water partition coefficient (Wildman–Crippen LogP) is 7.61. The van der Waals surface area contributed by atoms with Crippen molar-refractivity contribution in [2.45, 2.75) is 118 Å². The van der Waals surface area contributed by atoms with Gasteiger partial charge in [0.2, 0.25) is 0 Å². The Morgan fingerprint density at radius 2 is 1.73 bits per heavy atom. The highest BCUT2D eigenvalue weighted by atomic mass is 16.5. The number of rotatable bonds is 16. The molecule has 0 heterocycles. The highest BCUT2D eigenvalue weighted by molar-refractivity contribution is 5.77. The molecule has 3 heteroatoms.